The predicted octanol–water partition coefficient (Wildman–Crippen LogP) is 7.35. The fourth-order valence-electron chi connectivity index (χ4n) is 3.43. The number of alkyl halides is 3. The summed E-state index contributed by atoms with van der Waals surface area (Å²) in [7, 11) is 0. The van der Waals surface area contributed by atoms with Gasteiger partial charge in [0.25, 0.3) is 0 Å². The third-order valence-electron chi connectivity index (χ3n) is 5.13. The lowest BCUT2D eigenvalue weighted by Gasteiger charge is -2.18. The van der Waals surface area contributed by atoms with E-state index in [9.17, 15) is 22.8 Å². The molecular formula is C26H27F3N2O3S. The van der Waals surface area contributed by atoms with E-state index in [4.69, 9.17) is 17.4 Å². The maximum Gasteiger partial charge on any atom is 0.435 e. The summed E-state index contributed by atoms with van der Waals surface area (Å²) in [5, 5.41) is 3.76. The SMILES string of the molecule is CCCC(=O)c1ccc(C(S)c2cn(C(=O)OC(C)(C)C)nc2-c2ccc(C(F)(F)F)cc2)cc1. The first-order valence-corrected chi connectivity index (χ1v) is 11.6. The van der Waals surface area contributed by atoms with E-state index in [-0.39, 0.29) is 5.78 Å². The summed E-state index contributed by atoms with van der Waals surface area (Å²) in [6.07, 6.45) is -2.53. The molecule has 186 valence electrons. The van der Waals surface area contributed by atoms with Gasteiger partial charge in [-0.05, 0) is 44.9 Å². The molecule has 9 heteroatoms. The Morgan fingerprint density at radius 3 is 2.14 bits per heavy atom. The Bertz CT molecular complexity index is 1190. The van der Waals surface area contributed by atoms with E-state index < -0.39 is 28.7 Å². The van der Waals surface area contributed by atoms with Gasteiger partial charge in [-0.15, -0.1) is 0 Å². The van der Waals surface area contributed by atoms with Crippen molar-refractivity contribution in [1.29, 1.82) is 0 Å². The number of nitrogens with zero attached hydrogens (tertiary/aromatic N) is 2. The van der Waals surface area contributed by atoms with Gasteiger partial charge in [-0.3, -0.25) is 4.79 Å². The maximum atomic E-state index is 13.0. The zero-order valence-corrected chi connectivity index (χ0v) is 20.8. The van der Waals surface area contributed by atoms with Gasteiger partial charge < -0.3 is 4.74 Å². The number of carbonyl (C=O) groups excluding carboxylic acids is 2. The molecule has 0 aliphatic heterocycles. The standard InChI is InChI=1S/C26H27F3N2O3S/c1-5-6-21(32)16-7-9-18(10-8-16)23(35)20-15-31(24(33)34-25(2,3)4)30-22(20)17-11-13-19(14-12-17)26(27,28)29/h7-15,23,35H,5-6H2,1-4H3. The smallest absolute Gasteiger partial charge is 0.435 e. The fraction of sp³-hybridized carbons (Fsp3) is 0.346. The molecule has 1 aromatic heterocycles. The third-order valence-corrected chi connectivity index (χ3v) is 5.71. The average molecular weight is 505 g/mol. The van der Waals surface area contributed by atoms with Gasteiger partial charge in [0.1, 0.15) is 5.60 Å². The van der Waals surface area contributed by atoms with Gasteiger partial charge in [-0.2, -0.15) is 35.6 Å². The molecule has 0 saturated heterocycles. The highest BCUT2D eigenvalue weighted by molar-refractivity contribution is 7.80. The Kier molecular flexibility index (Phi) is 7.79. The second kappa shape index (κ2) is 10.3. The van der Waals surface area contributed by atoms with Crippen LogP contribution in [0.2, 0.25) is 0 Å². The Balaban J connectivity index is 2.03. The molecule has 0 fully saturated rings. The van der Waals surface area contributed by atoms with Crippen LogP contribution in [0.4, 0.5) is 18.0 Å². The molecule has 5 nitrogen and oxygen atoms in total. The molecule has 35 heavy (non-hydrogen) atoms. The molecular weight excluding hydrogens is 477 g/mol. The van der Waals surface area contributed by atoms with Crippen molar-refractivity contribution in [3.05, 3.63) is 77.0 Å². The molecule has 1 heterocycles. The van der Waals surface area contributed by atoms with Crippen molar-refractivity contribution < 1.29 is 27.5 Å². The average Bonchev–Trinajstić information content (AvgIpc) is 3.23. The summed E-state index contributed by atoms with van der Waals surface area (Å²) in [5.74, 6) is 0.0398. The summed E-state index contributed by atoms with van der Waals surface area (Å²) in [5.41, 5.74) is 0.969. The summed E-state index contributed by atoms with van der Waals surface area (Å²) in [6, 6.07) is 11.5. The molecule has 3 aromatic rings. The Labute approximate surface area is 207 Å². The zero-order chi connectivity index (χ0) is 26.0. The second-order valence-electron chi connectivity index (χ2n) is 9.13. The Morgan fingerprint density at radius 2 is 1.63 bits per heavy atom. The monoisotopic (exact) mass is 504 g/mol. The van der Waals surface area contributed by atoms with Crippen LogP contribution >= 0.6 is 12.6 Å². The number of aromatic nitrogens is 2. The minimum absolute atomic E-state index is 0.0398. The number of benzene rings is 2. The lowest BCUT2D eigenvalue weighted by Crippen LogP contribution is -2.27. The van der Waals surface area contributed by atoms with Gasteiger partial charge in [0.2, 0.25) is 0 Å². The van der Waals surface area contributed by atoms with Crippen LogP contribution in [0, 0.1) is 0 Å². The van der Waals surface area contributed by atoms with E-state index >= 15 is 0 Å². The molecule has 1 atom stereocenters. The first-order chi connectivity index (χ1) is 16.3. The molecule has 2 aromatic carbocycles. The number of ether oxygens (including phenoxy) is 1. The topological polar surface area (TPSA) is 61.2 Å². The van der Waals surface area contributed by atoms with Gasteiger partial charge in [0.15, 0.2) is 5.78 Å². The highest BCUT2D eigenvalue weighted by atomic mass is 32.1. The van der Waals surface area contributed by atoms with Crippen LogP contribution < -0.4 is 0 Å². The number of Topliss-reactive ketones (excluding diaryl/α,β-unsaturated/α-hetero) is 1. The Morgan fingerprint density at radius 1 is 1.03 bits per heavy atom. The van der Waals surface area contributed by atoms with Crippen molar-refractivity contribution >= 4 is 24.5 Å². The summed E-state index contributed by atoms with van der Waals surface area (Å²) in [6.45, 7) is 7.08. The molecule has 0 spiro atoms. The maximum absolute atomic E-state index is 13.0. The van der Waals surface area contributed by atoms with Crippen LogP contribution in [0.15, 0.2) is 54.7 Å². The van der Waals surface area contributed by atoms with E-state index in [0.717, 1.165) is 28.8 Å². The van der Waals surface area contributed by atoms with Gasteiger partial charge in [-0.25, -0.2) is 4.79 Å². The fourth-order valence-corrected chi connectivity index (χ4v) is 3.79. The van der Waals surface area contributed by atoms with Crippen LogP contribution in [-0.2, 0) is 10.9 Å². The van der Waals surface area contributed by atoms with Gasteiger partial charge in [0.05, 0.1) is 16.5 Å². The molecule has 0 aliphatic carbocycles. The van der Waals surface area contributed by atoms with E-state index in [1.807, 2.05) is 6.92 Å². The molecule has 0 saturated carbocycles. The molecule has 0 amide bonds. The number of halogens is 3. The molecule has 1 unspecified atom stereocenters. The minimum atomic E-state index is -4.47. The minimum Gasteiger partial charge on any atom is -0.442 e. The van der Waals surface area contributed by atoms with Crippen LogP contribution in [0.5, 0.6) is 0 Å². The number of carbonyl (C=O) groups is 2. The largest absolute Gasteiger partial charge is 0.442 e. The molecule has 0 aliphatic rings. The highest BCUT2D eigenvalue weighted by Gasteiger charge is 2.31. The first-order valence-electron chi connectivity index (χ1n) is 11.1. The van der Waals surface area contributed by atoms with E-state index in [2.05, 4.69) is 5.10 Å². The highest BCUT2D eigenvalue weighted by Crippen LogP contribution is 2.37. The molecule has 0 radical (unpaired) electrons. The quantitative estimate of drug-likeness (QED) is 0.282. The number of hydrogen-bond donors (Lipinski definition) is 1. The normalized spacial score (nSPS) is 12.9. The van der Waals surface area contributed by atoms with Gasteiger partial charge >= 0.3 is 12.3 Å². The molecule has 0 N–H and O–H groups in total. The van der Waals surface area contributed by atoms with Crippen LogP contribution in [0.3, 0.4) is 0 Å². The van der Waals surface area contributed by atoms with Crippen molar-refractivity contribution in [2.45, 2.75) is 57.6 Å². The third kappa shape index (κ3) is 6.54. The van der Waals surface area contributed by atoms with Crippen molar-refractivity contribution in [3.8, 4) is 11.3 Å². The predicted molar refractivity (Wildman–Crippen MR) is 131 cm³/mol. The lowest BCUT2D eigenvalue weighted by molar-refractivity contribution is -0.137. The number of rotatable bonds is 6. The molecule has 0 bridgehead atoms. The Hall–Kier alpha value is -3.07. The first kappa shape index (κ1) is 26.5. The van der Waals surface area contributed by atoms with E-state index in [1.165, 1.54) is 18.3 Å². The van der Waals surface area contributed by atoms with Crippen molar-refractivity contribution in [3.63, 3.8) is 0 Å². The molecule has 3 rings (SSSR count). The van der Waals surface area contributed by atoms with E-state index in [1.54, 1.807) is 45.0 Å². The number of ketones is 1. The van der Waals surface area contributed by atoms with Crippen LogP contribution in [-0.4, -0.2) is 27.3 Å². The van der Waals surface area contributed by atoms with Gasteiger partial charge in [-0.1, -0.05) is 43.3 Å². The summed E-state index contributed by atoms with van der Waals surface area (Å²) >= 11 is 4.72. The second-order valence-corrected chi connectivity index (χ2v) is 9.65. The summed E-state index contributed by atoms with van der Waals surface area (Å²) < 4.78 is 45.5. The van der Waals surface area contributed by atoms with Crippen molar-refractivity contribution in [1.82, 2.24) is 9.78 Å². The van der Waals surface area contributed by atoms with Gasteiger partial charge in [0, 0.05) is 29.3 Å². The zero-order valence-electron chi connectivity index (χ0n) is 19.9. The van der Waals surface area contributed by atoms with Crippen molar-refractivity contribution in [2.24, 2.45) is 0 Å². The summed E-state index contributed by atoms with van der Waals surface area (Å²) in [4.78, 5) is 24.8. The van der Waals surface area contributed by atoms with E-state index in [0.29, 0.717) is 28.8 Å². The number of thiol groups is 1. The van der Waals surface area contributed by atoms with Crippen LogP contribution in [0.25, 0.3) is 11.3 Å². The lowest BCUT2D eigenvalue weighted by atomic mass is 9.98. The van der Waals surface area contributed by atoms with Crippen LogP contribution in [0.1, 0.15) is 72.8 Å². The van der Waals surface area contributed by atoms with Crippen molar-refractivity contribution in [2.75, 3.05) is 0 Å². The number of hydrogen-bond acceptors (Lipinski definition) is 5.